The van der Waals surface area contributed by atoms with E-state index in [-0.39, 0.29) is 11.9 Å². The summed E-state index contributed by atoms with van der Waals surface area (Å²) in [5.41, 5.74) is 2.15. The second-order valence-corrected chi connectivity index (χ2v) is 6.06. The van der Waals surface area contributed by atoms with Crippen LogP contribution in [0.3, 0.4) is 0 Å². The molecule has 0 amide bonds. The first-order chi connectivity index (χ1) is 10.0. The number of rotatable bonds is 6. The molecule has 2 rings (SSSR count). The molecule has 0 atom stereocenters. The van der Waals surface area contributed by atoms with Crippen LogP contribution in [0.5, 0.6) is 5.75 Å². The molecule has 2 aromatic rings. The van der Waals surface area contributed by atoms with Crippen LogP contribution in [-0.2, 0) is 13.1 Å². The summed E-state index contributed by atoms with van der Waals surface area (Å²) in [6.45, 7) is 5.41. The summed E-state index contributed by atoms with van der Waals surface area (Å²) < 4.78 is 19.7. The molecule has 0 saturated carbocycles. The van der Waals surface area contributed by atoms with Crippen molar-refractivity contribution in [3.8, 4) is 5.75 Å². The molecule has 0 aliphatic rings. The molecule has 21 heavy (non-hydrogen) atoms. The average Bonchev–Trinajstić information content (AvgIpc) is 2.43. The zero-order valence-electron chi connectivity index (χ0n) is 12.2. The van der Waals surface area contributed by atoms with Gasteiger partial charge < -0.3 is 10.1 Å². The third-order valence-electron chi connectivity index (χ3n) is 2.94. The third-order valence-corrected chi connectivity index (χ3v) is 3.44. The van der Waals surface area contributed by atoms with Crippen molar-refractivity contribution in [3.05, 3.63) is 63.9 Å². The highest BCUT2D eigenvalue weighted by Crippen LogP contribution is 2.24. The Morgan fingerprint density at radius 2 is 1.81 bits per heavy atom. The van der Waals surface area contributed by atoms with Gasteiger partial charge in [0.2, 0.25) is 0 Å². The van der Waals surface area contributed by atoms with Gasteiger partial charge in [0.1, 0.15) is 11.6 Å². The van der Waals surface area contributed by atoms with Crippen molar-refractivity contribution in [2.24, 2.45) is 0 Å². The van der Waals surface area contributed by atoms with Crippen LogP contribution in [0.25, 0.3) is 0 Å². The summed E-state index contributed by atoms with van der Waals surface area (Å²) in [4.78, 5) is 0. The Balaban J connectivity index is 1.98. The summed E-state index contributed by atoms with van der Waals surface area (Å²) in [6.07, 6.45) is 0.141. The number of hydrogen-bond acceptors (Lipinski definition) is 2. The molecule has 112 valence electrons. The predicted octanol–water partition coefficient (Wildman–Crippen LogP) is 4.67. The third kappa shape index (κ3) is 5.14. The Hall–Kier alpha value is -1.39. The van der Waals surface area contributed by atoms with Gasteiger partial charge in [0.05, 0.1) is 6.10 Å². The number of hydrogen-bond donors (Lipinski definition) is 1. The Bertz CT molecular complexity index is 584. The molecule has 0 bridgehead atoms. The molecule has 0 saturated heterocycles. The second kappa shape index (κ2) is 7.57. The lowest BCUT2D eigenvalue weighted by Crippen LogP contribution is -2.15. The summed E-state index contributed by atoms with van der Waals surface area (Å²) in [6, 6.07) is 12.5. The number of ether oxygens (including phenoxy) is 1. The van der Waals surface area contributed by atoms with E-state index >= 15 is 0 Å². The molecule has 0 aliphatic carbocycles. The normalized spacial score (nSPS) is 10.9. The highest BCUT2D eigenvalue weighted by Gasteiger charge is 2.06. The molecule has 4 heteroatoms. The minimum absolute atomic E-state index is 0.141. The molecule has 0 aliphatic heterocycles. The quantitative estimate of drug-likeness (QED) is 0.816. The van der Waals surface area contributed by atoms with Crippen LogP contribution in [0.2, 0.25) is 0 Å². The number of benzene rings is 2. The van der Waals surface area contributed by atoms with Crippen LogP contribution in [0.1, 0.15) is 25.0 Å². The Kier molecular flexibility index (Phi) is 5.76. The lowest BCUT2D eigenvalue weighted by molar-refractivity contribution is 0.239. The van der Waals surface area contributed by atoms with Crippen LogP contribution in [0.15, 0.2) is 46.9 Å². The van der Waals surface area contributed by atoms with Gasteiger partial charge in [0, 0.05) is 23.1 Å². The fraction of sp³-hybridized carbons (Fsp3) is 0.294. The highest BCUT2D eigenvalue weighted by atomic mass is 79.9. The Morgan fingerprint density at radius 3 is 2.48 bits per heavy atom. The van der Waals surface area contributed by atoms with Crippen molar-refractivity contribution < 1.29 is 9.13 Å². The predicted molar refractivity (Wildman–Crippen MR) is 86.8 cm³/mol. The van der Waals surface area contributed by atoms with Gasteiger partial charge >= 0.3 is 0 Å². The van der Waals surface area contributed by atoms with Crippen LogP contribution in [0, 0.1) is 5.82 Å². The standard InChI is InChI=1S/C17H19BrFNO/c1-12(2)21-17-8-5-15(18)9-14(17)11-20-10-13-3-6-16(19)7-4-13/h3-9,12,20H,10-11H2,1-2H3. The van der Waals surface area contributed by atoms with Crippen LogP contribution in [-0.4, -0.2) is 6.10 Å². The molecule has 1 N–H and O–H groups in total. The van der Waals surface area contributed by atoms with Crippen LogP contribution in [0.4, 0.5) is 4.39 Å². The molecule has 0 heterocycles. The van der Waals surface area contributed by atoms with Crippen LogP contribution >= 0.6 is 15.9 Å². The molecule has 0 radical (unpaired) electrons. The van der Waals surface area contributed by atoms with Crippen molar-refractivity contribution >= 4 is 15.9 Å². The number of halogens is 2. The van der Waals surface area contributed by atoms with E-state index in [0.717, 1.165) is 21.3 Å². The van der Waals surface area contributed by atoms with Gasteiger partial charge in [-0.2, -0.15) is 0 Å². The van der Waals surface area contributed by atoms with Gasteiger partial charge in [-0.25, -0.2) is 4.39 Å². The van der Waals surface area contributed by atoms with Gasteiger partial charge in [-0.3, -0.25) is 0 Å². The van der Waals surface area contributed by atoms with Crippen molar-refractivity contribution in [2.45, 2.75) is 33.0 Å². The lowest BCUT2D eigenvalue weighted by atomic mass is 10.2. The van der Waals surface area contributed by atoms with Crippen molar-refractivity contribution in [1.82, 2.24) is 5.32 Å². The number of nitrogens with one attached hydrogen (secondary N) is 1. The molecule has 0 aromatic heterocycles. The van der Waals surface area contributed by atoms with E-state index in [2.05, 4.69) is 27.3 Å². The van der Waals surface area contributed by atoms with Crippen molar-refractivity contribution in [2.75, 3.05) is 0 Å². The fourth-order valence-corrected chi connectivity index (χ4v) is 2.41. The first kappa shape index (κ1) is 16.0. The van der Waals surface area contributed by atoms with E-state index < -0.39 is 0 Å². The summed E-state index contributed by atoms with van der Waals surface area (Å²) in [5, 5.41) is 3.36. The molecule has 0 unspecified atom stereocenters. The average molecular weight is 352 g/mol. The minimum atomic E-state index is -0.210. The van der Waals surface area contributed by atoms with Crippen LogP contribution < -0.4 is 10.1 Å². The second-order valence-electron chi connectivity index (χ2n) is 5.15. The van der Waals surface area contributed by atoms with Crippen molar-refractivity contribution in [3.63, 3.8) is 0 Å². The van der Waals surface area contributed by atoms with E-state index in [4.69, 9.17) is 4.74 Å². The Morgan fingerprint density at radius 1 is 1.10 bits per heavy atom. The van der Waals surface area contributed by atoms with E-state index in [9.17, 15) is 4.39 Å². The highest BCUT2D eigenvalue weighted by molar-refractivity contribution is 9.10. The zero-order valence-corrected chi connectivity index (χ0v) is 13.8. The van der Waals surface area contributed by atoms with Gasteiger partial charge in [0.15, 0.2) is 0 Å². The van der Waals surface area contributed by atoms with E-state index in [1.54, 1.807) is 12.1 Å². The molecular weight excluding hydrogens is 333 g/mol. The van der Waals surface area contributed by atoms with E-state index in [1.165, 1.54) is 12.1 Å². The minimum Gasteiger partial charge on any atom is -0.491 e. The fourth-order valence-electron chi connectivity index (χ4n) is 2.00. The summed E-state index contributed by atoms with van der Waals surface area (Å²) >= 11 is 3.48. The first-order valence-corrected chi connectivity index (χ1v) is 7.74. The van der Waals surface area contributed by atoms with Gasteiger partial charge in [0.25, 0.3) is 0 Å². The SMILES string of the molecule is CC(C)Oc1ccc(Br)cc1CNCc1ccc(F)cc1. The molecule has 2 nitrogen and oxygen atoms in total. The van der Waals surface area contributed by atoms with E-state index in [1.807, 2.05) is 26.0 Å². The molecular formula is C17H19BrFNO. The Labute approximate surface area is 133 Å². The summed E-state index contributed by atoms with van der Waals surface area (Å²) in [5.74, 6) is 0.679. The zero-order chi connectivity index (χ0) is 15.2. The maximum atomic E-state index is 12.9. The van der Waals surface area contributed by atoms with Gasteiger partial charge in [-0.15, -0.1) is 0 Å². The smallest absolute Gasteiger partial charge is 0.124 e. The molecule has 0 fully saturated rings. The first-order valence-electron chi connectivity index (χ1n) is 6.95. The van der Waals surface area contributed by atoms with Crippen molar-refractivity contribution in [1.29, 1.82) is 0 Å². The maximum Gasteiger partial charge on any atom is 0.124 e. The lowest BCUT2D eigenvalue weighted by Gasteiger charge is -2.15. The summed E-state index contributed by atoms with van der Waals surface area (Å²) in [7, 11) is 0. The van der Waals surface area contributed by atoms with Gasteiger partial charge in [-0.1, -0.05) is 28.1 Å². The monoisotopic (exact) mass is 351 g/mol. The largest absolute Gasteiger partial charge is 0.491 e. The van der Waals surface area contributed by atoms with Gasteiger partial charge in [-0.05, 0) is 49.7 Å². The maximum absolute atomic E-state index is 12.9. The van der Waals surface area contributed by atoms with E-state index in [0.29, 0.717) is 13.1 Å². The molecule has 2 aromatic carbocycles. The molecule has 0 spiro atoms. The topological polar surface area (TPSA) is 21.3 Å².